The van der Waals surface area contributed by atoms with Crippen LogP contribution in [0.25, 0.3) is 0 Å². The molecule has 0 N–H and O–H groups in total. The molecular formula is C30H36O7. The van der Waals surface area contributed by atoms with Crippen molar-refractivity contribution in [3.63, 3.8) is 0 Å². The van der Waals surface area contributed by atoms with Crippen molar-refractivity contribution < 1.29 is 33.4 Å². The molecule has 7 aliphatic rings. The summed E-state index contributed by atoms with van der Waals surface area (Å²) < 4.78 is 16.4. The summed E-state index contributed by atoms with van der Waals surface area (Å²) >= 11 is 0. The Balaban J connectivity index is 1.50. The molecule has 6 aliphatic carbocycles. The van der Waals surface area contributed by atoms with Crippen LogP contribution in [0.1, 0.15) is 73.1 Å². The number of allylic oxidation sites excluding steroid dienone is 5. The van der Waals surface area contributed by atoms with Crippen molar-refractivity contribution >= 4 is 23.9 Å². The number of hydrogen-bond acceptors (Lipinski definition) is 7. The Morgan fingerprint density at radius 1 is 1.00 bits per heavy atom. The Morgan fingerprint density at radius 2 is 1.73 bits per heavy atom. The second kappa shape index (κ2) is 7.67. The number of carbonyl (C=O) groups is 4. The highest BCUT2D eigenvalue weighted by Crippen LogP contribution is 2.80. The van der Waals surface area contributed by atoms with Crippen LogP contribution in [0.5, 0.6) is 0 Å². The van der Waals surface area contributed by atoms with E-state index in [0.29, 0.717) is 6.42 Å². The minimum absolute atomic E-state index is 0.147. The minimum Gasteiger partial charge on any atom is -0.463 e. The third kappa shape index (κ3) is 2.89. The molecule has 0 aromatic rings. The Bertz CT molecular complexity index is 1210. The van der Waals surface area contributed by atoms with Crippen LogP contribution in [0.15, 0.2) is 35.6 Å². The van der Waals surface area contributed by atoms with Gasteiger partial charge in [-0.2, -0.15) is 0 Å². The molecule has 7 nitrogen and oxygen atoms in total. The van der Waals surface area contributed by atoms with Gasteiger partial charge >= 0.3 is 23.9 Å². The summed E-state index contributed by atoms with van der Waals surface area (Å²) in [5, 5.41) is 0. The number of ether oxygens (including phenoxy) is 3. The first kappa shape index (κ1) is 24.6. The maximum atomic E-state index is 13.5. The van der Waals surface area contributed by atoms with Crippen LogP contribution in [-0.2, 0) is 33.4 Å². The molecule has 198 valence electrons. The van der Waals surface area contributed by atoms with Crippen molar-refractivity contribution in [1.29, 1.82) is 0 Å². The van der Waals surface area contributed by atoms with Gasteiger partial charge in [-0.3, -0.25) is 19.2 Å². The quantitative estimate of drug-likeness (QED) is 0.177. The molecule has 0 amide bonds. The van der Waals surface area contributed by atoms with Gasteiger partial charge in [0.1, 0.15) is 6.10 Å². The van der Waals surface area contributed by atoms with E-state index in [9.17, 15) is 19.2 Å². The second-order valence-electron chi connectivity index (χ2n) is 12.8. The van der Waals surface area contributed by atoms with E-state index in [1.807, 2.05) is 6.92 Å². The molecular weight excluding hydrogens is 472 g/mol. The van der Waals surface area contributed by atoms with E-state index in [4.69, 9.17) is 14.2 Å². The van der Waals surface area contributed by atoms with E-state index >= 15 is 0 Å². The zero-order valence-corrected chi connectivity index (χ0v) is 22.3. The van der Waals surface area contributed by atoms with Crippen molar-refractivity contribution in [2.75, 3.05) is 0 Å². The Morgan fingerprint density at radius 3 is 2.43 bits per heavy atom. The van der Waals surface area contributed by atoms with Gasteiger partial charge in [-0.05, 0) is 73.7 Å². The molecule has 0 aromatic carbocycles. The monoisotopic (exact) mass is 508 g/mol. The highest BCUT2D eigenvalue weighted by atomic mass is 16.6. The van der Waals surface area contributed by atoms with E-state index in [1.165, 1.54) is 19.4 Å². The van der Waals surface area contributed by atoms with Gasteiger partial charge in [0.05, 0.1) is 18.1 Å². The first-order valence-corrected chi connectivity index (χ1v) is 13.6. The molecule has 4 fully saturated rings. The van der Waals surface area contributed by atoms with Crippen molar-refractivity contribution in [2.45, 2.75) is 79.2 Å². The Kier molecular flexibility index (Phi) is 5.11. The smallest absolute Gasteiger partial charge is 0.318 e. The maximum Gasteiger partial charge on any atom is 0.318 e. The summed E-state index contributed by atoms with van der Waals surface area (Å²) in [5.74, 6) is -2.31. The van der Waals surface area contributed by atoms with E-state index in [1.54, 1.807) is 6.26 Å². The number of hydrogen-bond donors (Lipinski definition) is 0. The maximum absolute atomic E-state index is 13.5. The molecule has 2 bridgehead atoms. The van der Waals surface area contributed by atoms with Crippen LogP contribution >= 0.6 is 0 Å². The summed E-state index contributed by atoms with van der Waals surface area (Å²) in [5.41, 5.74) is 0.625. The minimum atomic E-state index is -0.621. The van der Waals surface area contributed by atoms with Crippen LogP contribution < -0.4 is 0 Å². The SMILES string of the molecule is CC(=O)O/C=C(\C)[C@@H]1CC[C@@H]2[C@]1(C)CC=C1[C@@]23C=C[C@@]2(C[C@H](OC(C)=O)CC[C@]12C)[C@@H]1C(=O)OC(=O)[C@@H]13. The van der Waals surface area contributed by atoms with Gasteiger partial charge in [0.15, 0.2) is 0 Å². The summed E-state index contributed by atoms with van der Waals surface area (Å²) in [6.45, 7) is 9.40. The average molecular weight is 509 g/mol. The fourth-order valence-corrected chi connectivity index (χ4v) is 10.1. The molecule has 37 heavy (non-hydrogen) atoms. The van der Waals surface area contributed by atoms with Gasteiger partial charge in [0.25, 0.3) is 0 Å². The van der Waals surface area contributed by atoms with Crippen molar-refractivity contribution in [1.82, 2.24) is 0 Å². The zero-order valence-electron chi connectivity index (χ0n) is 22.3. The highest BCUT2D eigenvalue weighted by molar-refractivity contribution is 5.99. The predicted molar refractivity (Wildman–Crippen MR) is 132 cm³/mol. The number of rotatable bonds is 3. The Hall–Kier alpha value is -2.70. The average Bonchev–Trinajstić information content (AvgIpc) is 3.34. The topological polar surface area (TPSA) is 96.0 Å². The summed E-state index contributed by atoms with van der Waals surface area (Å²) in [7, 11) is 0. The first-order chi connectivity index (χ1) is 17.4. The fourth-order valence-electron chi connectivity index (χ4n) is 10.1. The van der Waals surface area contributed by atoms with Crippen molar-refractivity contribution in [3.8, 4) is 0 Å². The molecule has 1 heterocycles. The summed E-state index contributed by atoms with van der Waals surface area (Å²) in [6.07, 6.45) is 12.9. The lowest BCUT2D eigenvalue weighted by Gasteiger charge is -2.71. The molecule has 9 atom stereocenters. The van der Waals surface area contributed by atoms with Gasteiger partial charge in [-0.25, -0.2) is 0 Å². The van der Waals surface area contributed by atoms with E-state index in [-0.39, 0.29) is 40.7 Å². The molecule has 3 saturated carbocycles. The largest absolute Gasteiger partial charge is 0.463 e. The van der Waals surface area contributed by atoms with Gasteiger partial charge < -0.3 is 14.2 Å². The fraction of sp³-hybridized carbons (Fsp3) is 0.667. The van der Waals surface area contributed by atoms with Gasteiger partial charge in [-0.1, -0.05) is 37.6 Å². The predicted octanol–water partition coefficient (Wildman–Crippen LogP) is 4.81. The molecule has 1 aliphatic heterocycles. The number of fused-ring (bicyclic) bond motifs is 1. The van der Waals surface area contributed by atoms with Crippen LogP contribution in [0.3, 0.4) is 0 Å². The lowest BCUT2D eigenvalue weighted by atomic mass is 9.31. The van der Waals surface area contributed by atoms with Crippen LogP contribution in [-0.4, -0.2) is 30.0 Å². The standard InChI is InChI=1S/C30H36O7/c1-16(15-35-17(2)31)20-6-7-21-27(20,4)10-9-22-28(5)11-8-19(36-18(3)32)14-29(28)12-13-30(21,22)24-23(29)25(33)37-26(24)34/h9,12-13,15,19-21,23-24H,6-8,10-11,14H2,1-5H3/b16-15+/t19-,20+,21-,23+,24-,27-,28-,29-,30-/m1/s1. The lowest BCUT2D eigenvalue weighted by molar-refractivity contribution is -0.174. The lowest BCUT2D eigenvalue weighted by Crippen LogP contribution is -2.68. The molecule has 0 radical (unpaired) electrons. The van der Waals surface area contributed by atoms with Crippen molar-refractivity contribution in [2.24, 2.45) is 45.3 Å². The second-order valence-corrected chi connectivity index (χ2v) is 12.8. The van der Waals surface area contributed by atoms with Gasteiger partial charge in [0, 0.05) is 24.7 Å². The number of carbonyl (C=O) groups excluding carboxylic acids is 4. The van der Waals surface area contributed by atoms with Gasteiger partial charge in [-0.15, -0.1) is 0 Å². The molecule has 7 heteroatoms. The number of cyclic esters (lactones) is 2. The van der Waals surface area contributed by atoms with E-state index in [0.717, 1.165) is 37.7 Å². The zero-order chi connectivity index (χ0) is 26.5. The van der Waals surface area contributed by atoms with Crippen LogP contribution in [0.4, 0.5) is 0 Å². The number of esters is 4. The molecule has 7 rings (SSSR count). The van der Waals surface area contributed by atoms with Crippen LogP contribution in [0.2, 0.25) is 0 Å². The summed E-state index contributed by atoms with van der Waals surface area (Å²) in [4.78, 5) is 50.2. The first-order valence-electron chi connectivity index (χ1n) is 13.6. The molecule has 1 saturated heterocycles. The molecule has 0 unspecified atom stereocenters. The summed E-state index contributed by atoms with van der Waals surface area (Å²) in [6, 6.07) is 0. The van der Waals surface area contributed by atoms with E-state index < -0.39 is 34.6 Å². The van der Waals surface area contributed by atoms with E-state index in [2.05, 4.69) is 32.1 Å². The third-order valence-corrected chi connectivity index (χ3v) is 11.3. The normalized spacial score (nSPS) is 47.3. The third-order valence-electron chi connectivity index (χ3n) is 11.3. The molecule has 0 aromatic heterocycles. The molecule has 2 spiro atoms. The van der Waals surface area contributed by atoms with Gasteiger partial charge in [0.2, 0.25) is 0 Å². The van der Waals surface area contributed by atoms with Crippen LogP contribution in [0, 0.1) is 45.3 Å². The Labute approximate surface area is 217 Å². The van der Waals surface area contributed by atoms with Crippen molar-refractivity contribution in [3.05, 3.63) is 35.6 Å². The highest BCUT2D eigenvalue weighted by Gasteiger charge is 2.79.